The van der Waals surface area contributed by atoms with Crippen molar-refractivity contribution in [3.05, 3.63) is 0 Å². The lowest BCUT2D eigenvalue weighted by Crippen LogP contribution is -2.32. The Labute approximate surface area is 87.4 Å². The van der Waals surface area contributed by atoms with E-state index in [1.807, 2.05) is 0 Å². The van der Waals surface area contributed by atoms with E-state index in [0.29, 0.717) is 11.5 Å². The average molecular weight is 197 g/mol. The molecule has 2 heteroatoms. The second kappa shape index (κ2) is 3.49. The Kier molecular flexibility index (Phi) is 2.61. The van der Waals surface area contributed by atoms with Crippen molar-refractivity contribution in [1.82, 2.24) is 5.32 Å². The molecule has 82 valence electrons. The molecule has 0 aromatic rings. The molecule has 1 heterocycles. The number of rotatable bonds is 4. The van der Waals surface area contributed by atoms with Gasteiger partial charge >= 0.3 is 0 Å². The molecule has 0 amide bonds. The van der Waals surface area contributed by atoms with Crippen LogP contribution in [0.25, 0.3) is 0 Å². The van der Waals surface area contributed by atoms with Crippen LogP contribution in [0.2, 0.25) is 0 Å². The molecular formula is C12H23NO. The maximum Gasteiger partial charge on any atom is 0.0707 e. The van der Waals surface area contributed by atoms with E-state index < -0.39 is 0 Å². The van der Waals surface area contributed by atoms with E-state index in [2.05, 4.69) is 26.1 Å². The minimum atomic E-state index is 0.121. The van der Waals surface area contributed by atoms with Gasteiger partial charge in [-0.1, -0.05) is 6.92 Å². The molecule has 14 heavy (non-hydrogen) atoms. The SMILES string of the molecule is CC1(CNCC2CCC(C)(C)O2)CC1. The summed E-state index contributed by atoms with van der Waals surface area (Å²) in [6.07, 6.45) is 5.67. The fourth-order valence-electron chi connectivity index (χ4n) is 2.15. The van der Waals surface area contributed by atoms with Crippen molar-refractivity contribution in [3.63, 3.8) is 0 Å². The number of hydrogen-bond acceptors (Lipinski definition) is 2. The van der Waals surface area contributed by atoms with Crippen LogP contribution in [0.3, 0.4) is 0 Å². The first-order valence-electron chi connectivity index (χ1n) is 5.88. The summed E-state index contributed by atoms with van der Waals surface area (Å²) in [6.45, 7) is 8.95. The van der Waals surface area contributed by atoms with E-state index >= 15 is 0 Å². The van der Waals surface area contributed by atoms with Gasteiger partial charge in [0.1, 0.15) is 0 Å². The van der Waals surface area contributed by atoms with Crippen molar-refractivity contribution >= 4 is 0 Å². The molecule has 2 nitrogen and oxygen atoms in total. The standard InChI is InChI=1S/C12H23NO/c1-11(2)5-4-10(14-11)8-13-9-12(3)6-7-12/h10,13H,4-9H2,1-3H3. The zero-order valence-electron chi connectivity index (χ0n) is 9.73. The first-order chi connectivity index (χ1) is 6.49. The number of nitrogens with one attached hydrogen (secondary N) is 1. The third kappa shape index (κ3) is 2.71. The predicted octanol–water partition coefficient (Wildman–Crippen LogP) is 2.33. The first-order valence-corrected chi connectivity index (χ1v) is 5.88. The maximum absolute atomic E-state index is 5.92. The van der Waals surface area contributed by atoms with Crippen LogP contribution in [0.4, 0.5) is 0 Å². The summed E-state index contributed by atoms with van der Waals surface area (Å²) in [6, 6.07) is 0. The molecule has 0 spiro atoms. The number of ether oxygens (including phenoxy) is 1. The summed E-state index contributed by atoms with van der Waals surface area (Å²) in [5, 5.41) is 3.54. The minimum absolute atomic E-state index is 0.121. The van der Waals surface area contributed by atoms with Gasteiger partial charge in [-0.2, -0.15) is 0 Å². The lowest BCUT2D eigenvalue weighted by Gasteiger charge is -2.20. The largest absolute Gasteiger partial charge is 0.371 e. The second-order valence-electron chi connectivity index (χ2n) is 5.98. The van der Waals surface area contributed by atoms with Crippen LogP contribution in [0.15, 0.2) is 0 Å². The summed E-state index contributed by atoms with van der Waals surface area (Å²) >= 11 is 0. The molecule has 0 aromatic carbocycles. The third-order valence-corrected chi connectivity index (χ3v) is 3.58. The highest BCUT2D eigenvalue weighted by molar-refractivity contribution is 4.91. The van der Waals surface area contributed by atoms with Crippen LogP contribution >= 0.6 is 0 Å². The molecule has 1 unspecified atom stereocenters. The molecule has 1 saturated heterocycles. The fraction of sp³-hybridized carbons (Fsp3) is 1.00. The van der Waals surface area contributed by atoms with E-state index in [1.54, 1.807) is 0 Å². The Balaban J connectivity index is 1.62. The van der Waals surface area contributed by atoms with Crippen LogP contribution in [-0.2, 0) is 4.74 Å². The van der Waals surface area contributed by atoms with Crippen LogP contribution in [0, 0.1) is 5.41 Å². The van der Waals surface area contributed by atoms with Gasteiger partial charge in [0, 0.05) is 13.1 Å². The van der Waals surface area contributed by atoms with Crippen LogP contribution in [-0.4, -0.2) is 24.8 Å². The number of hydrogen-bond donors (Lipinski definition) is 1. The van der Waals surface area contributed by atoms with Crippen molar-refractivity contribution < 1.29 is 4.74 Å². The predicted molar refractivity (Wildman–Crippen MR) is 58.4 cm³/mol. The van der Waals surface area contributed by atoms with Crippen LogP contribution < -0.4 is 5.32 Å². The Hall–Kier alpha value is -0.0800. The average Bonchev–Trinajstić information content (AvgIpc) is 2.69. The highest BCUT2D eigenvalue weighted by Crippen LogP contribution is 2.44. The highest BCUT2D eigenvalue weighted by Gasteiger charge is 2.37. The fourth-order valence-corrected chi connectivity index (χ4v) is 2.15. The van der Waals surface area contributed by atoms with Gasteiger partial charge in [0.15, 0.2) is 0 Å². The van der Waals surface area contributed by atoms with Gasteiger partial charge in [0.25, 0.3) is 0 Å². The molecule has 1 atom stereocenters. The van der Waals surface area contributed by atoms with E-state index in [-0.39, 0.29) is 5.60 Å². The molecule has 2 aliphatic rings. The van der Waals surface area contributed by atoms with E-state index in [1.165, 1.54) is 32.2 Å². The van der Waals surface area contributed by atoms with E-state index in [0.717, 1.165) is 6.54 Å². The monoisotopic (exact) mass is 197 g/mol. The topological polar surface area (TPSA) is 21.3 Å². The first kappa shape index (κ1) is 10.4. The summed E-state index contributed by atoms with van der Waals surface area (Å²) in [5.41, 5.74) is 0.740. The van der Waals surface area contributed by atoms with Gasteiger partial charge in [-0.15, -0.1) is 0 Å². The highest BCUT2D eigenvalue weighted by atomic mass is 16.5. The molecule has 2 fully saturated rings. The second-order valence-corrected chi connectivity index (χ2v) is 5.98. The normalized spacial score (nSPS) is 33.2. The molecule has 1 aliphatic heterocycles. The molecule has 2 rings (SSSR count). The quantitative estimate of drug-likeness (QED) is 0.747. The van der Waals surface area contributed by atoms with Gasteiger partial charge < -0.3 is 10.1 Å². The summed E-state index contributed by atoms with van der Waals surface area (Å²) in [4.78, 5) is 0. The molecular weight excluding hydrogens is 174 g/mol. The van der Waals surface area contributed by atoms with Gasteiger partial charge in [-0.25, -0.2) is 0 Å². The molecule has 1 aliphatic carbocycles. The van der Waals surface area contributed by atoms with Gasteiger partial charge in [0.2, 0.25) is 0 Å². The summed E-state index contributed by atoms with van der Waals surface area (Å²) < 4.78 is 5.92. The Morgan fingerprint density at radius 2 is 1.93 bits per heavy atom. The van der Waals surface area contributed by atoms with Crippen LogP contribution in [0.5, 0.6) is 0 Å². The van der Waals surface area contributed by atoms with Crippen molar-refractivity contribution in [2.24, 2.45) is 5.41 Å². The van der Waals surface area contributed by atoms with E-state index in [9.17, 15) is 0 Å². The smallest absolute Gasteiger partial charge is 0.0707 e. The maximum atomic E-state index is 5.92. The minimum Gasteiger partial charge on any atom is -0.371 e. The molecule has 1 N–H and O–H groups in total. The van der Waals surface area contributed by atoms with Crippen molar-refractivity contribution in [2.75, 3.05) is 13.1 Å². The van der Waals surface area contributed by atoms with Gasteiger partial charge in [-0.3, -0.25) is 0 Å². The van der Waals surface area contributed by atoms with Crippen molar-refractivity contribution in [3.8, 4) is 0 Å². The van der Waals surface area contributed by atoms with Crippen molar-refractivity contribution in [1.29, 1.82) is 0 Å². The lowest BCUT2D eigenvalue weighted by atomic mass is 10.1. The van der Waals surface area contributed by atoms with Crippen LogP contribution in [0.1, 0.15) is 46.5 Å². The van der Waals surface area contributed by atoms with Gasteiger partial charge in [0.05, 0.1) is 11.7 Å². The lowest BCUT2D eigenvalue weighted by molar-refractivity contribution is -0.0144. The third-order valence-electron chi connectivity index (χ3n) is 3.58. The van der Waals surface area contributed by atoms with Gasteiger partial charge in [-0.05, 0) is 44.9 Å². The summed E-state index contributed by atoms with van der Waals surface area (Å²) in [7, 11) is 0. The Morgan fingerprint density at radius 3 is 2.43 bits per heavy atom. The molecule has 1 saturated carbocycles. The Bertz CT molecular complexity index is 208. The zero-order chi connectivity index (χ0) is 10.2. The zero-order valence-corrected chi connectivity index (χ0v) is 9.73. The summed E-state index contributed by atoms with van der Waals surface area (Å²) in [5.74, 6) is 0. The molecule has 0 bridgehead atoms. The molecule has 0 radical (unpaired) electrons. The molecule has 0 aromatic heterocycles. The van der Waals surface area contributed by atoms with Crippen molar-refractivity contribution in [2.45, 2.75) is 58.2 Å². The van der Waals surface area contributed by atoms with E-state index in [4.69, 9.17) is 4.74 Å². The Morgan fingerprint density at radius 1 is 1.21 bits per heavy atom.